The third kappa shape index (κ3) is 2.06. The van der Waals surface area contributed by atoms with Crippen LogP contribution in [0.25, 0.3) is 0 Å². The number of aryl methyl sites for hydroxylation is 1. The molecule has 0 aromatic heterocycles. The number of Topliss-reactive ketones (excluding diaryl/α,β-unsaturated/α-hetero) is 1. The Morgan fingerprint density at radius 1 is 1.28 bits per heavy atom. The lowest BCUT2D eigenvalue weighted by Gasteiger charge is -2.36. The number of nitrogens with zero attached hydrogens (tertiary/aromatic N) is 1. The number of piperazine rings is 1. The number of carbonyl (C=O) groups excluding carboxylic acids is 1. The van der Waals surface area contributed by atoms with Crippen LogP contribution in [0.4, 0.5) is 4.39 Å². The molecule has 18 heavy (non-hydrogen) atoms. The lowest BCUT2D eigenvalue weighted by atomic mass is 9.86. The van der Waals surface area contributed by atoms with Gasteiger partial charge in [-0.1, -0.05) is 6.07 Å². The van der Waals surface area contributed by atoms with Crippen LogP contribution in [-0.4, -0.2) is 42.9 Å². The summed E-state index contributed by atoms with van der Waals surface area (Å²) in [7, 11) is 0. The zero-order chi connectivity index (χ0) is 12.5. The SMILES string of the molecule is O=C1c2cc(F)ccc2CCC1N1CCNCC1. The van der Waals surface area contributed by atoms with E-state index in [1.165, 1.54) is 12.1 Å². The normalized spacial score (nSPS) is 24.9. The molecule has 1 aliphatic carbocycles. The third-order valence-electron chi connectivity index (χ3n) is 3.92. The van der Waals surface area contributed by atoms with Crippen molar-refractivity contribution in [2.24, 2.45) is 0 Å². The van der Waals surface area contributed by atoms with E-state index >= 15 is 0 Å². The zero-order valence-electron chi connectivity index (χ0n) is 10.3. The van der Waals surface area contributed by atoms with Crippen LogP contribution < -0.4 is 5.32 Å². The molecule has 96 valence electrons. The number of fused-ring (bicyclic) bond motifs is 1. The number of hydrogen-bond donors (Lipinski definition) is 1. The molecule has 0 spiro atoms. The van der Waals surface area contributed by atoms with E-state index in [2.05, 4.69) is 10.2 Å². The quantitative estimate of drug-likeness (QED) is 0.811. The Labute approximate surface area is 106 Å². The molecule has 3 nitrogen and oxygen atoms in total. The van der Waals surface area contributed by atoms with Crippen molar-refractivity contribution in [3.63, 3.8) is 0 Å². The van der Waals surface area contributed by atoms with E-state index in [0.717, 1.165) is 44.6 Å². The van der Waals surface area contributed by atoms with Crippen molar-refractivity contribution in [3.05, 3.63) is 35.1 Å². The molecule has 1 N–H and O–H groups in total. The summed E-state index contributed by atoms with van der Waals surface area (Å²) in [5, 5.41) is 3.28. The molecule has 1 heterocycles. The second-order valence-corrected chi connectivity index (χ2v) is 5.01. The van der Waals surface area contributed by atoms with Gasteiger partial charge in [0.05, 0.1) is 6.04 Å². The van der Waals surface area contributed by atoms with Gasteiger partial charge in [0, 0.05) is 31.7 Å². The maximum atomic E-state index is 13.3. The highest BCUT2D eigenvalue weighted by atomic mass is 19.1. The maximum Gasteiger partial charge on any atom is 0.180 e. The number of rotatable bonds is 1. The van der Waals surface area contributed by atoms with Gasteiger partial charge in [0.2, 0.25) is 0 Å². The van der Waals surface area contributed by atoms with Gasteiger partial charge < -0.3 is 5.32 Å². The minimum atomic E-state index is -0.317. The Hall–Kier alpha value is -1.26. The molecule has 1 fully saturated rings. The van der Waals surface area contributed by atoms with Gasteiger partial charge in [-0.05, 0) is 30.5 Å². The fourth-order valence-electron chi connectivity index (χ4n) is 2.94. The highest BCUT2D eigenvalue weighted by molar-refractivity contribution is 6.02. The van der Waals surface area contributed by atoms with E-state index < -0.39 is 0 Å². The second kappa shape index (κ2) is 4.78. The molecule has 1 saturated heterocycles. The minimum absolute atomic E-state index is 0.0543. The summed E-state index contributed by atoms with van der Waals surface area (Å²) < 4.78 is 13.3. The first-order valence-electron chi connectivity index (χ1n) is 6.53. The molecule has 0 amide bonds. The van der Waals surface area contributed by atoms with Crippen LogP contribution in [0.3, 0.4) is 0 Å². The fraction of sp³-hybridized carbons (Fsp3) is 0.500. The zero-order valence-corrected chi connectivity index (χ0v) is 10.3. The number of carbonyl (C=O) groups is 1. The van der Waals surface area contributed by atoms with Gasteiger partial charge in [0.25, 0.3) is 0 Å². The van der Waals surface area contributed by atoms with Crippen molar-refractivity contribution in [1.82, 2.24) is 10.2 Å². The Bertz CT molecular complexity index is 469. The van der Waals surface area contributed by atoms with Crippen LogP contribution in [0.15, 0.2) is 18.2 Å². The van der Waals surface area contributed by atoms with Gasteiger partial charge in [-0.3, -0.25) is 9.69 Å². The summed E-state index contributed by atoms with van der Waals surface area (Å²) in [5.41, 5.74) is 1.58. The van der Waals surface area contributed by atoms with Crippen LogP contribution in [0.2, 0.25) is 0 Å². The van der Waals surface area contributed by atoms with Crippen LogP contribution >= 0.6 is 0 Å². The lowest BCUT2D eigenvalue weighted by molar-refractivity contribution is 0.0766. The Morgan fingerprint density at radius 3 is 2.83 bits per heavy atom. The number of hydrogen-bond acceptors (Lipinski definition) is 3. The molecule has 2 aliphatic rings. The van der Waals surface area contributed by atoms with Crippen LogP contribution in [0, 0.1) is 5.82 Å². The van der Waals surface area contributed by atoms with E-state index in [9.17, 15) is 9.18 Å². The molecular weight excluding hydrogens is 231 g/mol. The standard InChI is InChI=1S/C14H17FN2O/c15-11-3-1-10-2-4-13(14(18)12(10)9-11)17-7-5-16-6-8-17/h1,3,9,13,16H,2,4-8H2. The van der Waals surface area contributed by atoms with Crippen molar-refractivity contribution in [1.29, 1.82) is 0 Å². The second-order valence-electron chi connectivity index (χ2n) is 5.01. The van der Waals surface area contributed by atoms with Gasteiger partial charge in [-0.25, -0.2) is 4.39 Å². The summed E-state index contributed by atoms with van der Waals surface area (Å²) in [4.78, 5) is 14.7. The number of halogens is 1. The minimum Gasteiger partial charge on any atom is -0.314 e. The average Bonchev–Trinajstić information content (AvgIpc) is 2.41. The maximum absolute atomic E-state index is 13.3. The smallest absolute Gasteiger partial charge is 0.180 e. The van der Waals surface area contributed by atoms with Crippen molar-refractivity contribution >= 4 is 5.78 Å². The first kappa shape index (κ1) is 11.8. The number of benzene rings is 1. The van der Waals surface area contributed by atoms with E-state index in [-0.39, 0.29) is 17.6 Å². The summed E-state index contributed by atoms with van der Waals surface area (Å²) >= 11 is 0. The highest BCUT2D eigenvalue weighted by Crippen LogP contribution is 2.25. The predicted molar refractivity (Wildman–Crippen MR) is 67.3 cm³/mol. The van der Waals surface area contributed by atoms with E-state index in [1.807, 2.05) is 0 Å². The summed E-state index contributed by atoms with van der Waals surface area (Å²) in [6, 6.07) is 4.53. The Kier molecular flexibility index (Phi) is 3.14. The molecular formula is C14H17FN2O. The monoisotopic (exact) mass is 248 g/mol. The largest absolute Gasteiger partial charge is 0.314 e. The van der Waals surface area contributed by atoms with Crippen molar-refractivity contribution in [2.75, 3.05) is 26.2 Å². The molecule has 0 saturated carbocycles. The molecule has 4 heteroatoms. The molecule has 1 aromatic carbocycles. The molecule has 0 bridgehead atoms. The first-order chi connectivity index (χ1) is 8.75. The molecule has 1 aromatic rings. The average molecular weight is 248 g/mol. The Balaban J connectivity index is 1.86. The van der Waals surface area contributed by atoms with E-state index in [4.69, 9.17) is 0 Å². The number of ketones is 1. The van der Waals surface area contributed by atoms with E-state index in [0.29, 0.717) is 5.56 Å². The summed E-state index contributed by atoms with van der Waals surface area (Å²) in [5.74, 6) is -0.222. The highest BCUT2D eigenvalue weighted by Gasteiger charge is 2.32. The summed E-state index contributed by atoms with van der Waals surface area (Å²) in [6.07, 6.45) is 1.73. The molecule has 1 unspecified atom stereocenters. The molecule has 1 atom stereocenters. The van der Waals surface area contributed by atoms with Crippen molar-refractivity contribution in [2.45, 2.75) is 18.9 Å². The van der Waals surface area contributed by atoms with Crippen molar-refractivity contribution in [3.8, 4) is 0 Å². The van der Waals surface area contributed by atoms with Crippen LogP contribution in [-0.2, 0) is 6.42 Å². The van der Waals surface area contributed by atoms with Gasteiger partial charge in [0.1, 0.15) is 5.82 Å². The van der Waals surface area contributed by atoms with Crippen LogP contribution in [0.1, 0.15) is 22.3 Å². The first-order valence-corrected chi connectivity index (χ1v) is 6.53. The molecule has 3 rings (SSSR count). The number of nitrogens with one attached hydrogen (secondary N) is 1. The lowest BCUT2D eigenvalue weighted by Crippen LogP contribution is -2.52. The van der Waals surface area contributed by atoms with Gasteiger partial charge in [-0.2, -0.15) is 0 Å². The topological polar surface area (TPSA) is 32.3 Å². The van der Waals surface area contributed by atoms with Gasteiger partial charge in [-0.15, -0.1) is 0 Å². The molecule has 0 radical (unpaired) electrons. The van der Waals surface area contributed by atoms with Crippen molar-refractivity contribution < 1.29 is 9.18 Å². The van der Waals surface area contributed by atoms with Crippen LogP contribution in [0.5, 0.6) is 0 Å². The summed E-state index contributed by atoms with van der Waals surface area (Å²) in [6.45, 7) is 3.67. The molecule has 1 aliphatic heterocycles. The van der Waals surface area contributed by atoms with Gasteiger partial charge >= 0.3 is 0 Å². The third-order valence-corrected chi connectivity index (χ3v) is 3.92. The van der Waals surface area contributed by atoms with E-state index in [1.54, 1.807) is 6.07 Å². The fourth-order valence-corrected chi connectivity index (χ4v) is 2.94. The van der Waals surface area contributed by atoms with Gasteiger partial charge in [0.15, 0.2) is 5.78 Å². The Morgan fingerprint density at radius 2 is 2.06 bits per heavy atom. The predicted octanol–water partition coefficient (Wildman–Crippen LogP) is 1.23.